The molecular weight excluding hydrogens is 368 g/mol. The normalized spacial score (nSPS) is 23.3. The maximum Gasteiger partial charge on any atom is 0.133 e. The summed E-state index contributed by atoms with van der Waals surface area (Å²) in [6, 6.07) is 3.62. The number of ether oxygens (including phenoxy) is 1. The van der Waals surface area contributed by atoms with Gasteiger partial charge >= 0.3 is 0 Å². The van der Waals surface area contributed by atoms with Crippen molar-refractivity contribution >= 4 is 15.9 Å². The van der Waals surface area contributed by atoms with E-state index in [1.807, 2.05) is 6.07 Å². The van der Waals surface area contributed by atoms with Gasteiger partial charge in [0.05, 0.1) is 11.6 Å². The third kappa shape index (κ3) is 4.34. The molecule has 0 bridgehead atoms. The van der Waals surface area contributed by atoms with Crippen molar-refractivity contribution in [3.63, 3.8) is 0 Å². The Labute approximate surface area is 153 Å². The maximum atomic E-state index is 10.3. The second-order valence-corrected chi connectivity index (χ2v) is 8.51. The molecule has 134 valence electrons. The SMILES string of the molecule is C=C1C[C@@H](CCCO)CC(C)(C)[C@H]1Cc1cc(OC)c(Br)cc1O. The van der Waals surface area contributed by atoms with Crippen molar-refractivity contribution in [2.75, 3.05) is 13.7 Å². The summed E-state index contributed by atoms with van der Waals surface area (Å²) in [7, 11) is 1.64. The molecule has 0 heterocycles. The topological polar surface area (TPSA) is 49.7 Å². The van der Waals surface area contributed by atoms with E-state index in [1.54, 1.807) is 13.2 Å². The summed E-state index contributed by atoms with van der Waals surface area (Å²) in [5.41, 5.74) is 2.29. The van der Waals surface area contributed by atoms with Crippen LogP contribution in [0.25, 0.3) is 0 Å². The van der Waals surface area contributed by atoms with Gasteiger partial charge in [0.1, 0.15) is 11.5 Å². The predicted octanol–water partition coefficient (Wildman–Crippen LogP) is 5.09. The Bertz CT molecular complexity index is 595. The van der Waals surface area contributed by atoms with E-state index in [2.05, 4.69) is 36.4 Å². The number of benzene rings is 1. The van der Waals surface area contributed by atoms with Gasteiger partial charge in [-0.15, -0.1) is 0 Å². The molecule has 1 aromatic rings. The fourth-order valence-corrected chi connectivity index (χ4v) is 4.65. The van der Waals surface area contributed by atoms with Gasteiger partial charge in [-0.3, -0.25) is 0 Å². The molecule has 0 aliphatic heterocycles. The fraction of sp³-hybridized carbons (Fsp3) is 0.600. The minimum absolute atomic E-state index is 0.127. The van der Waals surface area contributed by atoms with Crippen LogP contribution in [0.3, 0.4) is 0 Å². The Morgan fingerprint density at radius 2 is 2.08 bits per heavy atom. The van der Waals surface area contributed by atoms with Crippen molar-refractivity contribution in [3.8, 4) is 11.5 Å². The average Bonchev–Trinajstić information content (AvgIpc) is 2.50. The number of aliphatic hydroxyl groups excluding tert-OH is 1. The molecule has 1 aliphatic rings. The van der Waals surface area contributed by atoms with Gasteiger partial charge in [0.15, 0.2) is 0 Å². The number of hydrogen-bond acceptors (Lipinski definition) is 3. The highest BCUT2D eigenvalue weighted by Crippen LogP contribution is 2.49. The van der Waals surface area contributed by atoms with Gasteiger partial charge in [-0.1, -0.05) is 26.0 Å². The number of halogens is 1. The highest BCUT2D eigenvalue weighted by molar-refractivity contribution is 9.10. The van der Waals surface area contributed by atoms with Crippen molar-refractivity contribution < 1.29 is 14.9 Å². The Kier molecular flexibility index (Phi) is 6.38. The maximum absolute atomic E-state index is 10.3. The van der Waals surface area contributed by atoms with E-state index in [9.17, 15) is 5.11 Å². The van der Waals surface area contributed by atoms with E-state index in [-0.39, 0.29) is 12.0 Å². The van der Waals surface area contributed by atoms with Crippen molar-refractivity contribution in [3.05, 3.63) is 34.3 Å². The summed E-state index contributed by atoms with van der Waals surface area (Å²) < 4.78 is 6.13. The highest BCUT2D eigenvalue weighted by Gasteiger charge is 2.39. The Morgan fingerprint density at radius 1 is 1.38 bits per heavy atom. The van der Waals surface area contributed by atoms with Crippen molar-refractivity contribution in [2.45, 2.75) is 46.0 Å². The molecular formula is C20H29BrO3. The summed E-state index contributed by atoms with van der Waals surface area (Å²) in [4.78, 5) is 0. The van der Waals surface area contributed by atoms with Crippen LogP contribution in [0.1, 0.15) is 45.1 Å². The lowest BCUT2D eigenvalue weighted by molar-refractivity contribution is 0.132. The number of hydrogen-bond donors (Lipinski definition) is 2. The minimum Gasteiger partial charge on any atom is -0.508 e. The van der Waals surface area contributed by atoms with E-state index >= 15 is 0 Å². The zero-order valence-corrected chi connectivity index (χ0v) is 16.5. The molecule has 1 fully saturated rings. The van der Waals surface area contributed by atoms with Crippen molar-refractivity contribution in [1.29, 1.82) is 0 Å². The van der Waals surface area contributed by atoms with E-state index in [4.69, 9.17) is 9.84 Å². The molecule has 24 heavy (non-hydrogen) atoms. The molecule has 1 aliphatic carbocycles. The van der Waals surface area contributed by atoms with Gasteiger partial charge in [0, 0.05) is 6.61 Å². The third-order valence-electron chi connectivity index (χ3n) is 5.35. The summed E-state index contributed by atoms with van der Waals surface area (Å²) in [5.74, 6) is 1.97. The quantitative estimate of drug-likeness (QED) is 0.658. The van der Waals surface area contributed by atoms with Gasteiger partial charge in [0.25, 0.3) is 0 Å². The summed E-state index contributed by atoms with van der Waals surface area (Å²) in [6.45, 7) is 9.20. The molecule has 0 radical (unpaired) electrons. The lowest BCUT2D eigenvalue weighted by Crippen LogP contribution is -2.35. The van der Waals surface area contributed by atoms with Crippen LogP contribution >= 0.6 is 15.9 Å². The van der Waals surface area contributed by atoms with E-state index in [1.165, 1.54) is 5.57 Å². The number of aliphatic hydroxyl groups is 1. The first-order chi connectivity index (χ1) is 11.3. The van der Waals surface area contributed by atoms with Gasteiger partial charge in [-0.2, -0.15) is 0 Å². The molecule has 0 saturated heterocycles. The van der Waals surface area contributed by atoms with Crippen LogP contribution < -0.4 is 4.74 Å². The Balaban J connectivity index is 2.19. The number of methoxy groups -OCH3 is 1. The molecule has 2 N–H and O–H groups in total. The molecule has 0 unspecified atom stereocenters. The van der Waals surface area contributed by atoms with Crippen LogP contribution in [-0.4, -0.2) is 23.9 Å². The monoisotopic (exact) mass is 396 g/mol. The first-order valence-corrected chi connectivity index (χ1v) is 9.41. The van der Waals surface area contributed by atoms with Crippen LogP contribution in [0, 0.1) is 17.3 Å². The van der Waals surface area contributed by atoms with Gasteiger partial charge in [-0.25, -0.2) is 0 Å². The molecule has 2 atom stereocenters. The molecule has 3 nitrogen and oxygen atoms in total. The van der Waals surface area contributed by atoms with Crippen molar-refractivity contribution in [2.24, 2.45) is 17.3 Å². The van der Waals surface area contributed by atoms with Gasteiger partial charge in [-0.05, 0) is 83.0 Å². The number of phenols is 1. The van der Waals surface area contributed by atoms with Crippen molar-refractivity contribution in [1.82, 2.24) is 0 Å². The molecule has 1 saturated carbocycles. The highest BCUT2D eigenvalue weighted by atomic mass is 79.9. The smallest absolute Gasteiger partial charge is 0.133 e. The van der Waals surface area contributed by atoms with Crippen LogP contribution in [0.15, 0.2) is 28.8 Å². The minimum atomic E-state index is 0.127. The fourth-order valence-electron chi connectivity index (χ4n) is 4.15. The first kappa shape index (κ1) is 19.3. The second kappa shape index (κ2) is 7.92. The Morgan fingerprint density at radius 3 is 2.67 bits per heavy atom. The van der Waals surface area contributed by atoms with E-state index in [0.717, 1.165) is 47.9 Å². The standard InChI is InChI=1S/C20H29BrO3/c1-13-8-14(6-5-7-22)12-20(2,3)16(13)9-15-10-19(24-4)17(21)11-18(15)23/h10-11,14,16,22-23H,1,5-9,12H2,2-4H3/t14-,16+/m1/s1. The molecule has 0 aromatic heterocycles. The van der Waals surface area contributed by atoms with Crippen LogP contribution in [0.5, 0.6) is 11.5 Å². The average molecular weight is 397 g/mol. The van der Waals surface area contributed by atoms with Gasteiger partial charge < -0.3 is 14.9 Å². The second-order valence-electron chi connectivity index (χ2n) is 7.66. The molecule has 4 heteroatoms. The number of allylic oxidation sites excluding steroid dienone is 1. The molecule has 2 rings (SSSR count). The molecule has 0 amide bonds. The van der Waals surface area contributed by atoms with E-state index in [0.29, 0.717) is 17.6 Å². The summed E-state index contributed by atoms with van der Waals surface area (Å²) in [5, 5.41) is 19.4. The zero-order valence-electron chi connectivity index (χ0n) is 14.9. The lowest BCUT2D eigenvalue weighted by Gasteiger charge is -2.44. The van der Waals surface area contributed by atoms with Crippen LogP contribution in [0.4, 0.5) is 0 Å². The molecule has 1 aromatic carbocycles. The van der Waals surface area contributed by atoms with Crippen LogP contribution in [0.2, 0.25) is 0 Å². The number of aromatic hydroxyl groups is 1. The van der Waals surface area contributed by atoms with E-state index < -0.39 is 0 Å². The molecule has 0 spiro atoms. The zero-order chi connectivity index (χ0) is 17.9. The number of rotatable bonds is 6. The Hall–Kier alpha value is -1.00. The lowest BCUT2D eigenvalue weighted by atomic mass is 9.61. The first-order valence-electron chi connectivity index (χ1n) is 8.62. The van der Waals surface area contributed by atoms with Crippen LogP contribution in [-0.2, 0) is 6.42 Å². The largest absolute Gasteiger partial charge is 0.508 e. The summed E-state index contributed by atoms with van der Waals surface area (Å²) >= 11 is 3.41. The predicted molar refractivity (Wildman–Crippen MR) is 102 cm³/mol. The summed E-state index contributed by atoms with van der Waals surface area (Å²) in [6.07, 6.45) is 4.84. The number of phenolic OH excluding ortho intramolecular Hbond substituents is 1. The van der Waals surface area contributed by atoms with Gasteiger partial charge in [0.2, 0.25) is 0 Å². The third-order valence-corrected chi connectivity index (χ3v) is 5.97.